The van der Waals surface area contributed by atoms with Crippen LogP contribution in [-0.4, -0.2) is 19.7 Å². The van der Waals surface area contributed by atoms with Crippen LogP contribution in [-0.2, 0) is 0 Å². The van der Waals surface area contributed by atoms with Crippen molar-refractivity contribution in [1.29, 1.82) is 0 Å². The second kappa shape index (κ2) is 3.21. The smallest absolute Gasteiger partial charge is 0.216 e. The molecule has 0 unspecified atom stereocenters. The summed E-state index contributed by atoms with van der Waals surface area (Å²) in [5.74, 6) is 0.635. The van der Waals surface area contributed by atoms with Gasteiger partial charge in [-0.25, -0.2) is 14.6 Å². The maximum atomic E-state index is 4.31. The number of aryl methyl sites for hydroxylation is 3. The Kier molecular flexibility index (Phi) is 2.04. The number of aromatic nitrogens is 4. The summed E-state index contributed by atoms with van der Waals surface area (Å²) in [5, 5.41) is 4.16. The highest BCUT2D eigenvalue weighted by Crippen LogP contribution is 2.04. The SMILES string of the molecule is Cc1cnn(-c2nc(C)cc(C)n2)c1. The zero-order valence-corrected chi connectivity index (χ0v) is 8.52. The standard InChI is InChI=1S/C10H12N4/c1-7-5-11-14(6-7)10-12-8(2)4-9(3)13-10/h4-6H,1-3H3. The molecule has 4 nitrogen and oxygen atoms in total. The van der Waals surface area contributed by atoms with E-state index >= 15 is 0 Å². The first-order valence-corrected chi connectivity index (χ1v) is 4.49. The highest BCUT2D eigenvalue weighted by molar-refractivity contribution is 5.18. The van der Waals surface area contributed by atoms with E-state index in [2.05, 4.69) is 15.1 Å². The molecule has 2 aromatic rings. The fourth-order valence-electron chi connectivity index (χ4n) is 1.33. The van der Waals surface area contributed by atoms with Crippen LogP contribution in [0.5, 0.6) is 0 Å². The van der Waals surface area contributed by atoms with Crippen molar-refractivity contribution in [2.45, 2.75) is 20.8 Å². The Labute approximate surface area is 82.6 Å². The maximum Gasteiger partial charge on any atom is 0.250 e. The Morgan fingerprint density at radius 2 is 1.71 bits per heavy atom. The quantitative estimate of drug-likeness (QED) is 0.682. The monoisotopic (exact) mass is 188 g/mol. The lowest BCUT2D eigenvalue weighted by atomic mass is 10.4. The molecule has 0 saturated heterocycles. The first-order chi connectivity index (χ1) is 6.65. The van der Waals surface area contributed by atoms with E-state index in [0.29, 0.717) is 5.95 Å². The highest BCUT2D eigenvalue weighted by Gasteiger charge is 2.02. The van der Waals surface area contributed by atoms with Gasteiger partial charge in [0.2, 0.25) is 0 Å². The predicted octanol–water partition coefficient (Wildman–Crippen LogP) is 1.59. The largest absolute Gasteiger partial charge is 0.250 e. The summed E-state index contributed by atoms with van der Waals surface area (Å²) in [6.07, 6.45) is 3.70. The lowest BCUT2D eigenvalue weighted by molar-refractivity contribution is 0.793. The van der Waals surface area contributed by atoms with Gasteiger partial charge in [-0.2, -0.15) is 5.10 Å². The molecule has 0 bridgehead atoms. The van der Waals surface area contributed by atoms with Gasteiger partial charge in [-0.1, -0.05) is 0 Å². The summed E-state index contributed by atoms with van der Waals surface area (Å²) in [6.45, 7) is 5.90. The van der Waals surface area contributed by atoms with Crippen molar-refractivity contribution in [3.05, 3.63) is 35.4 Å². The second-order valence-corrected chi connectivity index (χ2v) is 3.41. The molecule has 2 heterocycles. The molecule has 0 N–H and O–H groups in total. The van der Waals surface area contributed by atoms with Crippen molar-refractivity contribution in [2.24, 2.45) is 0 Å². The zero-order chi connectivity index (χ0) is 10.1. The summed E-state index contributed by atoms with van der Waals surface area (Å²) >= 11 is 0. The van der Waals surface area contributed by atoms with Gasteiger partial charge in [0.1, 0.15) is 0 Å². The van der Waals surface area contributed by atoms with Crippen LogP contribution >= 0.6 is 0 Å². The molecular formula is C10H12N4. The molecule has 0 saturated carbocycles. The van der Waals surface area contributed by atoms with Gasteiger partial charge in [-0.05, 0) is 32.4 Å². The average Bonchev–Trinajstić information content (AvgIpc) is 2.50. The van der Waals surface area contributed by atoms with E-state index in [1.165, 1.54) is 0 Å². The lowest BCUT2D eigenvalue weighted by Gasteiger charge is -2.01. The molecule has 0 aliphatic heterocycles. The van der Waals surface area contributed by atoms with Crippen LogP contribution < -0.4 is 0 Å². The molecule has 72 valence electrons. The topological polar surface area (TPSA) is 43.6 Å². The summed E-state index contributed by atoms with van der Waals surface area (Å²) < 4.78 is 1.69. The van der Waals surface area contributed by atoms with Gasteiger partial charge in [0, 0.05) is 17.6 Å². The molecule has 4 heteroatoms. The molecular weight excluding hydrogens is 176 g/mol. The number of rotatable bonds is 1. The van der Waals surface area contributed by atoms with Crippen molar-refractivity contribution in [3.63, 3.8) is 0 Å². The molecule has 0 aromatic carbocycles. The van der Waals surface area contributed by atoms with Crippen molar-refractivity contribution < 1.29 is 0 Å². The molecule has 0 spiro atoms. The van der Waals surface area contributed by atoms with Gasteiger partial charge in [-0.3, -0.25) is 0 Å². The molecule has 2 rings (SSSR count). The first-order valence-electron chi connectivity index (χ1n) is 4.49. The van der Waals surface area contributed by atoms with Gasteiger partial charge < -0.3 is 0 Å². The molecule has 0 atom stereocenters. The minimum Gasteiger partial charge on any atom is -0.216 e. The average molecular weight is 188 g/mol. The lowest BCUT2D eigenvalue weighted by Crippen LogP contribution is -2.03. The molecule has 0 radical (unpaired) electrons. The third-order valence-corrected chi connectivity index (χ3v) is 1.89. The fraction of sp³-hybridized carbons (Fsp3) is 0.300. The summed E-state index contributed by atoms with van der Waals surface area (Å²) in [6, 6.07) is 1.94. The third kappa shape index (κ3) is 1.64. The summed E-state index contributed by atoms with van der Waals surface area (Å²) in [7, 11) is 0. The van der Waals surface area contributed by atoms with Gasteiger partial charge in [-0.15, -0.1) is 0 Å². The van der Waals surface area contributed by atoms with E-state index in [4.69, 9.17) is 0 Å². The Balaban J connectivity index is 2.51. The van der Waals surface area contributed by atoms with Crippen molar-refractivity contribution in [1.82, 2.24) is 19.7 Å². The van der Waals surface area contributed by atoms with Crippen molar-refractivity contribution in [2.75, 3.05) is 0 Å². The summed E-state index contributed by atoms with van der Waals surface area (Å²) in [4.78, 5) is 8.61. The Bertz CT molecular complexity index is 439. The molecule has 0 aliphatic rings. The van der Waals surface area contributed by atoms with Crippen LogP contribution in [0.2, 0.25) is 0 Å². The van der Waals surface area contributed by atoms with E-state index in [1.807, 2.05) is 33.0 Å². The molecule has 0 amide bonds. The van der Waals surface area contributed by atoms with Crippen molar-refractivity contribution in [3.8, 4) is 5.95 Å². The second-order valence-electron chi connectivity index (χ2n) is 3.41. The van der Waals surface area contributed by atoms with Crippen LogP contribution in [0.4, 0.5) is 0 Å². The van der Waals surface area contributed by atoms with Gasteiger partial charge in [0.05, 0.1) is 6.20 Å². The Hall–Kier alpha value is -1.71. The molecule has 0 aliphatic carbocycles. The van der Waals surface area contributed by atoms with Gasteiger partial charge in [0.15, 0.2) is 0 Å². The third-order valence-electron chi connectivity index (χ3n) is 1.89. The van der Waals surface area contributed by atoms with Crippen molar-refractivity contribution >= 4 is 0 Å². The van der Waals surface area contributed by atoms with Crippen LogP contribution in [0.3, 0.4) is 0 Å². The zero-order valence-electron chi connectivity index (χ0n) is 8.52. The molecule has 2 aromatic heterocycles. The van der Waals surface area contributed by atoms with Gasteiger partial charge >= 0.3 is 0 Å². The van der Waals surface area contributed by atoms with Crippen LogP contribution in [0.15, 0.2) is 18.5 Å². The normalized spacial score (nSPS) is 10.5. The van der Waals surface area contributed by atoms with E-state index in [-0.39, 0.29) is 0 Å². The van der Waals surface area contributed by atoms with E-state index in [1.54, 1.807) is 10.9 Å². The van der Waals surface area contributed by atoms with E-state index in [9.17, 15) is 0 Å². The predicted molar refractivity (Wildman–Crippen MR) is 53.4 cm³/mol. The Morgan fingerprint density at radius 3 is 2.21 bits per heavy atom. The molecule has 0 fully saturated rings. The van der Waals surface area contributed by atoms with Crippen LogP contribution in [0, 0.1) is 20.8 Å². The Morgan fingerprint density at radius 1 is 1.07 bits per heavy atom. The minimum atomic E-state index is 0.635. The summed E-state index contributed by atoms with van der Waals surface area (Å²) in [5.41, 5.74) is 3.02. The minimum absolute atomic E-state index is 0.635. The first kappa shape index (κ1) is 8.87. The maximum absolute atomic E-state index is 4.31. The van der Waals surface area contributed by atoms with E-state index in [0.717, 1.165) is 17.0 Å². The molecule has 14 heavy (non-hydrogen) atoms. The number of nitrogens with zero attached hydrogens (tertiary/aromatic N) is 4. The van der Waals surface area contributed by atoms with E-state index < -0.39 is 0 Å². The van der Waals surface area contributed by atoms with Gasteiger partial charge in [0.25, 0.3) is 5.95 Å². The fourth-order valence-corrected chi connectivity index (χ4v) is 1.33. The van der Waals surface area contributed by atoms with Crippen LogP contribution in [0.1, 0.15) is 17.0 Å². The van der Waals surface area contributed by atoms with Crippen LogP contribution in [0.25, 0.3) is 5.95 Å². The number of hydrogen-bond donors (Lipinski definition) is 0. The highest BCUT2D eigenvalue weighted by atomic mass is 15.3. The number of hydrogen-bond acceptors (Lipinski definition) is 3.